The summed E-state index contributed by atoms with van der Waals surface area (Å²) in [6, 6.07) is 0. The van der Waals surface area contributed by atoms with Gasteiger partial charge in [0.25, 0.3) is 0 Å². The molecule has 11 heavy (non-hydrogen) atoms. The molecule has 0 atom stereocenters. The van der Waals surface area contributed by atoms with E-state index in [9.17, 15) is 0 Å². The molecule has 0 spiro atoms. The third-order valence-electron chi connectivity index (χ3n) is 2.30. The maximum Gasteiger partial charge on any atom is 0.0482 e. The molecule has 0 aromatic heterocycles. The third-order valence-corrected chi connectivity index (χ3v) is 2.30. The first kappa shape index (κ1) is 14.0. The van der Waals surface area contributed by atoms with Crippen LogP contribution in [0.4, 0.5) is 0 Å². The van der Waals surface area contributed by atoms with Crippen molar-refractivity contribution in [2.75, 3.05) is 20.3 Å². The molecule has 70 valence electrons. The Morgan fingerprint density at radius 3 is 2.09 bits per heavy atom. The highest BCUT2D eigenvalue weighted by atomic mass is 35.5. The quantitative estimate of drug-likeness (QED) is 0.638. The van der Waals surface area contributed by atoms with Gasteiger partial charge in [-0.3, -0.25) is 4.90 Å². The number of nitrogens with zero attached hydrogens (tertiary/aromatic N) is 1. The summed E-state index contributed by atoms with van der Waals surface area (Å²) in [6.45, 7) is 6.77. The second kappa shape index (κ2) is 5.20. The summed E-state index contributed by atoms with van der Waals surface area (Å²) in [4.78, 5) is 2.34. The second-order valence-electron chi connectivity index (χ2n) is 3.42. The van der Waals surface area contributed by atoms with E-state index in [1.165, 1.54) is 6.42 Å². The van der Waals surface area contributed by atoms with Crippen LogP contribution in [0.1, 0.15) is 20.3 Å². The number of rotatable bonds is 0. The van der Waals surface area contributed by atoms with E-state index in [-0.39, 0.29) is 24.8 Å². The predicted octanol–water partition coefficient (Wildman–Crippen LogP) is 1.49. The average Bonchev–Trinajstić information content (AvgIpc) is 1.77. The maximum absolute atomic E-state index is 3.32. The lowest BCUT2D eigenvalue weighted by molar-refractivity contribution is 0.101. The van der Waals surface area contributed by atoms with E-state index in [0.717, 1.165) is 13.2 Å². The van der Waals surface area contributed by atoms with Gasteiger partial charge in [0.05, 0.1) is 0 Å². The standard InChI is InChI=1S/C7H16N2.2ClH/c1-7(2)4-5-8-6-9(7)3;;/h8H,4-6H2,1-3H3;2*1H. The zero-order chi connectivity index (χ0) is 6.91. The topological polar surface area (TPSA) is 15.3 Å². The predicted molar refractivity (Wildman–Crippen MR) is 53.8 cm³/mol. The first-order chi connectivity index (χ1) is 4.13. The lowest BCUT2D eigenvalue weighted by Crippen LogP contribution is -2.52. The summed E-state index contributed by atoms with van der Waals surface area (Å²) in [5.74, 6) is 0. The zero-order valence-corrected chi connectivity index (χ0v) is 9.02. The molecule has 0 aliphatic carbocycles. The van der Waals surface area contributed by atoms with Crippen LogP contribution in [0.25, 0.3) is 0 Å². The Kier molecular flexibility index (Phi) is 6.64. The molecule has 1 rings (SSSR count). The zero-order valence-electron chi connectivity index (χ0n) is 7.39. The monoisotopic (exact) mass is 200 g/mol. The molecule has 1 saturated heterocycles. The van der Waals surface area contributed by atoms with Gasteiger partial charge in [-0.2, -0.15) is 0 Å². The second-order valence-corrected chi connectivity index (χ2v) is 3.42. The van der Waals surface area contributed by atoms with Crippen LogP contribution in [0, 0.1) is 0 Å². The number of nitrogens with one attached hydrogen (secondary N) is 1. The molecule has 0 bridgehead atoms. The smallest absolute Gasteiger partial charge is 0.0482 e. The van der Waals surface area contributed by atoms with Gasteiger partial charge < -0.3 is 5.32 Å². The minimum absolute atomic E-state index is 0. The van der Waals surface area contributed by atoms with Crippen LogP contribution in [0.3, 0.4) is 0 Å². The summed E-state index contributed by atoms with van der Waals surface area (Å²) in [6.07, 6.45) is 1.25. The van der Waals surface area contributed by atoms with Crippen molar-refractivity contribution < 1.29 is 0 Å². The van der Waals surface area contributed by atoms with Crippen molar-refractivity contribution in [2.45, 2.75) is 25.8 Å². The largest absolute Gasteiger partial charge is 0.304 e. The minimum Gasteiger partial charge on any atom is -0.304 e. The van der Waals surface area contributed by atoms with Gasteiger partial charge in [0.15, 0.2) is 0 Å². The fourth-order valence-electron chi connectivity index (χ4n) is 1.05. The first-order valence-electron chi connectivity index (χ1n) is 3.55. The van der Waals surface area contributed by atoms with E-state index >= 15 is 0 Å². The van der Waals surface area contributed by atoms with E-state index < -0.39 is 0 Å². The Bertz CT molecular complexity index is 107. The van der Waals surface area contributed by atoms with E-state index in [0.29, 0.717) is 5.54 Å². The van der Waals surface area contributed by atoms with E-state index in [1.54, 1.807) is 0 Å². The van der Waals surface area contributed by atoms with Gasteiger partial charge >= 0.3 is 0 Å². The van der Waals surface area contributed by atoms with Crippen molar-refractivity contribution in [1.82, 2.24) is 10.2 Å². The molecule has 0 saturated carbocycles. The summed E-state index contributed by atoms with van der Waals surface area (Å²) >= 11 is 0. The molecule has 1 aliphatic heterocycles. The SMILES string of the molecule is CN1CNCCC1(C)C.Cl.Cl. The Labute approximate surface area is 81.5 Å². The molecular weight excluding hydrogens is 183 g/mol. The van der Waals surface area contributed by atoms with Crippen LogP contribution in [0.2, 0.25) is 0 Å². The van der Waals surface area contributed by atoms with Crippen LogP contribution in [-0.2, 0) is 0 Å². The van der Waals surface area contributed by atoms with Crippen molar-refractivity contribution in [3.63, 3.8) is 0 Å². The van der Waals surface area contributed by atoms with Gasteiger partial charge in [0.1, 0.15) is 0 Å². The Morgan fingerprint density at radius 1 is 1.27 bits per heavy atom. The molecule has 0 aromatic carbocycles. The van der Waals surface area contributed by atoms with Crippen molar-refractivity contribution in [3.8, 4) is 0 Å². The summed E-state index contributed by atoms with van der Waals surface area (Å²) in [5, 5.41) is 3.32. The first-order valence-corrected chi connectivity index (χ1v) is 3.55. The number of hydrogen-bond donors (Lipinski definition) is 1. The van der Waals surface area contributed by atoms with Crippen LogP contribution in [-0.4, -0.2) is 30.7 Å². The molecule has 1 heterocycles. The van der Waals surface area contributed by atoms with Crippen molar-refractivity contribution in [1.29, 1.82) is 0 Å². The number of hydrogen-bond acceptors (Lipinski definition) is 2. The van der Waals surface area contributed by atoms with Gasteiger partial charge in [-0.25, -0.2) is 0 Å². The Balaban J connectivity index is 0. The van der Waals surface area contributed by atoms with Crippen LogP contribution in [0.15, 0.2) is 0 Å². The van der Waals surface area contributed by atoms with Crippen LogP contribution < -0.4 is 5.32 Å². The maximum atomic E-state index is 3.32. The fraction of sp³-hybridized carbons (Fsp3) is 1.00. The highest BCUT2D eigenvalue weighted by Gasteiger charge is 2.25. The highest BCUT2D eigenvalue weighted by molar-refractivity contribution is 5.85. The molecule has 0 amide bonds. The summed E-state index contributed by atoms with van der Waals surface area (Å²) < 4.78 is 0. The summed E-state index contributed by atoms with van der Waals surface area (Å²) in [7, 11) is 2.16. The van der Waals surface area contributed by atoms with Crippen LogP contribution >= 0.6 is 24.8 Å². The Hall–Kier alpha value is 0.500. The minimum atomic E-state index is 0. The van der Waals surface area contributed by atoms with Gasteiger partial charge in [0.2, 0.25) is 0 Å². The van der Waals surface area contributed by atoms with Crippen molar-refractivity contribution >= 4 is 24.8 Å². The molecular formula is C7H18Cl2N2. The third kappa shape index (κ3) is 3.61. The lowest BCUT2D eigenvalue weighted by atomic mass is 9.97. The molecule has 0 unspecified atom stereocenters. The molecule has 1 N–H and O–H groups in total. The van der Waals surface area contributed by atoms with Gasteiger partial charge in [-0.05, 0) is 33.9 Å². The molecule has 1 aliphatic rings. The lowest BCUT2D eigenvalue weighted by Gasteiger charge is -2.40. The normalized spacial score (nSPS) is 23.2. The fourth-order valence-corrected chi connectivity index (χ4v) is 1.05. The molecule has 2 nitrogen and oxygen atoms in total. The van der Waals surface area contributed by atoms with Crippen molar-refractivity contribution in [2.24, 2.45) is 0 Å². The van der Waals surface area contributed by atoms with Crippen LogP contribution in [0.5, 0.6) is 0 Å². The Morgan fingerprint density at radius 2 is 1.82 bits per heavy atom. The van der Waals surface area contributed by atoms with E-state index in [1.807, 2.05) is 0 Å². The molecule has 1 fully saturated rings. The number of halogens is 2. The average molecular weight is 201 g/mol. The van der Waals surface area contributed by atoms with E-state index in [4.69, 9.17) is 0 Å². The molecule has 0 aromatic rings. The summed E-state index contributed by atoms with van der Waals surface area (Å²) in [5.41, 5.74) is 0.408. The van der Waals surface area contributed by atoms with Gasteiger partial charge in [-0.1, -0.05) is 0 Å². The molecule has 4 heteroatoms. The highest BCUT2D eigenvalue weighted by Crippen LogP contribution is 2.17. The van der Waals surface area contributed by atoms with E-state index in [2.05, 4.69) is 31.1 Å². The molecule has 0 radical (unpaired) electrons. The van der Waals surface area contributed by atoms with Gasteiger partial charge in [0, 0.05) is 12.2 Å². The van der Waals surface area contributed by atoms with Gasteiger partial charge in [-0.15, -0.1) is 24.8 Å². The van der Waals surface area contributed by atoms with Crippen molar-refractivity contribution in [3.05, 3.63) is 0 Å².